The monoisotopic (exact) mass is 540 g/mol. The maximum Gasteiger partial charge on any atom is 0.227 e. The first kappa shape index (κ1) is 25.8. The molecule has 2 aromatic heterocycles. The Morgan fingerprint density at radius 2 is 1.87 bits per heavy atom. The minimum absolute atomic E-state index is 0.590. The standard InChI is InChI=1S/C31H36N6OS/c1-22-21-34-31(35-25-7-9-27(10-8-25)38-19-13-24-5-3-14-33-24)36-30(22)29-12-11-28(39-29)23-4-2-6-26(20-23)37-17-15-32-16-18-37/h2,4,6-12,20-21,24,32-33H,3,5,13-19H2,1H3,(H,34,35,36). The molecule has 0 saturated carbocycles. The molecule has 39 heavy (non-hydrogen) atoms. The van der Waals surface area contributed by atoms with Gasteiger partial charge in [0.15, 0.2) is 0 Å². The average Bonchev–Trinajstić information content (AvgIpc) is 3.69. The van der Waals surface area contributed by atoms with Gasteiger partial charge in [-0.1, -0.05) is 12.1 Å². The van der Waals surface area contributed by atoms with Crippen LogP contribution in [0, 0.1) is 6.92 Å². The topological polar surface area (TPSA) is 74.3 Å². The van der Waals surface area contributed by atoms with Gasteiger partial charge in [-0.3, -0.25) is 0 Å². The van der Waals surface area contributed by atoms with Crippen LogP contribution in [0.5, 0.6) is 5.75 Å². The van der Waals surface area contributed by atoms with E-state index in [4.69, 9.17) is 9.72 Å². The Morgan fingerprint density at radius 1 is 1.03 bits per heavy atom. The fraction of sp³-hybridized carbons (Fsp3) is 0.355. The molecule has 8 heteroatoms. The molecular formula is C31H36N6OS. The van der Waals surface area contributed by atoms with E-state index in [0.29, 0.717) is 12.0 Å². The van der Waals surface area contributed by atoms with Crippen LogP contribution in [-0.4, -0.2) is 55.3 Å². The highest BCUT2D eigenvalue weighted by atomic mass is 32.1. The molecule has 3 N–H and O–H groups in total. The number of anilines is 3. The van der Waals surface area contributed by atoms with E-state index in [9.17, 15) is 0 Å². The van der Waals surface area contributed by atoms with Crippen molar-refractivity contribution in [2.24, 2.45) is 0 Å². The van der Waals surface area contributed by atoms with Gasteiger partial charge in [0.05, 0.1) is 17.2 Å². The molecule has 1 unspecified atom stereocenters. The zero-order chi connectivity index (χ0) is 26.4. The van der Waals surface area contributed by atoms with E-state index in [1.54, 1.807) is 11.3 Å². The van der Waals surface area contributed by atoms with Crippen LogP contribution in [0.15, 0.2) is 66.9 Å². The molecule has 4 heterocycles. The Bertz CT molecular complexity index is 1380. The number of benzene rings is 2. The van der Waals surface area contributed by atoms with Gasteiger partial charge in [0.2, 0.25) is 5.95 Å². The van der Waals surface area contributed by atoms with E-state index in [1.165, 1.54) is 29.0 Å². The second-order valence-electron chi connectivity index (χ2n) is 10.3. The Balaban J connectivity index is 1.12. The number of hydrogen-bond acceptors (Lipinski definition) is 8. The molecule has 2 aliphatic heterocycles. The quantitative estimate of drug-likeness (QED) is 0.246. The van der Waals surface area contributed by atoms with Crippen molar-refractivity contribution in [3.05, 3.63) is 72.4 Å². The molecule has 202 valence electrons. The third kappa shape index (κ3) is 6.41. The van der Waals surface area contributed by atoms with Gasteiger partial charge in [0.1, 0.15) is 5.75 Å². The lowest BCUT2D eigenvalue weighted by molar-refractivity contribution is 0.292. The van der Waals surface area contributed by atoms with Crippen molar-refractivity contribution in [2.75, 3.05) is 49.5 Å². The molecule has 0 bridgehead atoms. The third-order valence-corrected chi connectivity index (χ3v) is 8.57. The molecule has 0 amide bonds. The first-order valence-electron chi connectivity index (χ1n) is 13.9. The molecule has 2 aliphatic rings. The van der Waals surface area contributed by atoms with Crippen LogP contribution in [0.2, 0.25) is 0 Å². The number of nitrogens with one attached hydrogen (secondary N) is 3. The lowest BCUT2D eigenvalue weighted by Gasteiger charge is -2.29. The van der Waals surface area contributed by atoms with Gasteiger partial charge < -0.3 is 25.6 Å². The predicted molar refractivity (Wildman–Crippen MR) is 161 cm³/mol. The zero-order valence-corrected chi connectivity index (χ0v) is 23.3. The summed E-state index contributed by atoms with van der Waals surface area (Å²) in [6.45, 7) is 8.09. The van der Waals surface area contributed by atoms with Gasteiger partial charge in [-0.2, -0.15) is 0 Å². The Labute approximate surface area is 234 Å². The van der Waals surface area contributed by atoms with Gasteiger partial charge >= 0.3 is 0 Å². The van der Waals surface area contributed by atoms with E-state index < -0.39 is 0 Å². The van der Waals surface area contributed by atoms with Crippen molar-refractivity contribution < 1.29 is 4.74 Å². The van der Waals surface area contributed by atoms with Crippen molar-refractivity contribution in [3.63, 3.8) is 0 Å². The summed E-state index contributed by atoms with van der Waals surface area (Å²) in [6.07, 6.45) is 5.46. The smallest absolute Gasteiger partial charge is 0.227 e. The van der Waals surface area contributed by atoms with Crippen LogP contribution in [0.25, 0.3) is 21.0 Å². The highest BCUT2D eigenvalue weighted by molar-refractivity contribution is 7.18. The van der Waals surface area contributed by atoms with Gasteiger partial charge in [0.25, 0.3) is 0 Å². The summed E-state index contributed by atoms with van der Waals surface area (Å²) in [7, 11) is 0. The summed E-state index contributed by atoms with van der Waals surface area (Å²) in [5.41, 5.74) is 5.49. The van der Waals surface area contributed by atoms with Crippen molar-refractivity contribution in [3.8, 4) is 26.8 Å². The molecule has 1 atom stereocenters. The van der Waals surface area contributed by atoms with Crippen molar-refractivity contribution in [2.45, 2.75) is 32.2 Å². The number of hydrogen-bond donors (Lipinski definition) is 3. The van der Waals surface area contributed by atoms with Gasteiger partial charge in [-0.15, -0.1) is 11.3 Å². The number of rotatable bonds is 9. The van der Waals surface area contributed by atoms with Crippen LogP contribution in [-0.2, 0) is 0 Å². The van der Waals surface area contributed by atoms with E-state index in [-0.39, 0.29) is 0 Å². The molecule has 4 aromatic rings. The summed E-state index contributed by atoms with van der Waals surface area (Å²) >= 11 is 1.77. The second kappa shape index (κ2) is 12.2. The van der Waals surface area contributed by atoms with E-state index in [2.05, 4.69) is 69.2 Å². The SMILES string of the molecule is Cc1cnc(Nc2ccc(OCCC3CCCN3)cc2)nc1-c1ccc(-c2cccc(N3CCNCC3)c2)s1. The van der Waals surface area contributed by atoms with Gasteiger partial charge in [-0.25, -0.2) is 9.97 Å². The maximum absolute atomic E-state index is 5.94. The first-order chi connectivity index (χ1) is 19.2. The van der Waals surface area contributed by atoms with E-state index in [1.807, 2.05) is 30.5 Å². The highest BCUT2D eigenvalue weighted by Gasteiger charge is 2.15. The lowest BCUT2D eigenvalue weighted by Crippen LogP contribution is -2.43. The van der Waals surface area contributed by atoms with E-state index in [0.717, 1.165) is 73.3 Å². The minimum Gasteiger partial charge on any atom is -0.494 e. The number of aryl methyl sites for hydroxylation is 1. The van der Waals surface area contributed by atoms with E-state index >= 15 is 0 Å². The Hall–Kier alpha value is -3.46. The first-order valence-corrected chi connectivity index (χ1v) is 14.8. The van der Waals surface area contributed by atoms with Gasteiger partial charge in [-0.05, 0) is 92.4 Å². The molecule has 0 radical (unpaired) electrons. The third-order valence-electron chi connectivity index (χ3n) is 7.43. The molecule has 7 nitrogen and oxygen atoms in total. The number of thiophene rings is 1. The van der Waals surface area contributed by atoms with Crippen molar-refractivity contribution in [1.82, 2.24) is 20.6 Å². The summed E-state index contributed by atoms with van der Waals surface area (Å²) in [6, 6.07) is 21.9. The maximum atomic E-state index is 5.94. The number of piperazine rings is 1. The summed E-state index contributed by atoms with van der Waals surface area (Å²) < 4.78 is 5.94. The Morgan fingerprint density at radius 3 is 2.69 bits per heavy atom. The van der Waals surface area contributed by atoms with Crippen LogP contribution < -0.4 is 25.6 Å². The molecule has 6 rings (SSSR count). The van der Waals surface area contributed by atoms with Crippen molar-refractivity contribution in [1.29, 1.82) is 0 Å². The van der Waals surface area contributed by atoms with Crippen LogP contribution in [0.1, 0.15) is 24.8 Å². The fourth-order valence-electron chi connectivity index (χ4n) is 5.24. The second-order valence-corrected chi connectivity index (χ2v) is 11.3. The van der Waals surface area contributed by atoms with Gasteiger partial charge in [0, 0.05) is 54.7 Å². The largest absolute Gasteiger partial charge is 0.494 e. The average molecular weight is 541 g/mol. The number of aromatic nitrogens is 2. The number of nitrogens with zero attached hydrogens (tertiary/aromatic N) is 3. The zero-order valence-electron chi connectivity index (χ0n) is 22.5. The molecule has 2 saturated heterocycles. The predicted octanol–water partition coefficient (Wildman–Crippen LogP) is 5.85. The molecule has 2 aromatic carbocycles. The van der Waals surface area contributed by atoms with Crippen molar-refractivity contribution >= 4 is 28.7 Å². The molecule has 2 fully saturated rings. The Kier molecular flexibility index (Phi) is 8.04. The van der Waals surface area contributed by atoms with Crippen LogP contribution >= 0.6 is 11.3 Å². The molecule has 0 aliphatic carbocycles. The summed E-state index contributed by atoms with van der Waals surface area (Å²) in [5, 5.41) is 10.3. The highest BCUT2D eigenvalue weighted by Crippen LogP contribution is 2.36. The summed E-state index contributed by atoms with van der Waals surface area (Å²) in [5.74, 6) is 1.48. The van der Waals surface area contributed by atoms with Crippen LogP contribution in [0.3, 0.4) is 0 Å². The van der Waals surface area contributed by atoms with Crippen LogP contribution in [0.4, 0.5) is 17.3 Å². The normalized spacial score (nSPS) is 17.4. The number of ether oxygens (including phenoxy) is 1. The molecular weight excluding hydrogens is 504 g/mol. The molecule has 0 spiro atoms. The lowest BCUT2D eigenvalue weighted by atomic mass is 10.1. The minimum atomic E-state index is 0.590. The fourth-order valence-corrected chi connectivity index (χ4v) is 6.29. The summed E-state index contributed by atoms with van der Waals surface area (Å²) in [4.78, 5) is 14.3.